The number of hydrogen-bond donors (Lipinski definition) is 0. The van der Waals surface area contributed by atoms with E-state index in [4.69, 9.17) is 12.1 Å². The largest absolute Gasteiger partial charge is 0 e. The van der Waals surface area contributed by atoms with Crippen molar-refractivity contribution < 1.29 is 31.7 Å². The van der Waals surface area contributed by atoms with Gasteiger partial charge in [0.1, 0.15) is 11.4 Å². The predicted octanol–water partition coefficient (Wildman–Crippen LogP) is 15.8. The Hall–Kier alpha value is -5.92. The van der Waals surface area contributed by atoms with E-state index in [0.29, 0.717) is 0 Å². The van der Waals surface area contributed by atoms with Crippen LogP contribution in [0.3, 0.4) is 0 Å². The molecule has 0 saturated carbocycles. The molecule has 0 amide bonds. The Labute approximate surface area is 413 Å². The van der Waals surface area contributed by atoms with Crippen LogP contribution in [0.15, 0.2) is 162 Å². The first-order valence-electron chi connectivity index (χ1n) is 23.7. The zero-order chi connectivity index (χ0) is 48.1. The van der Waals surface area contributed by atoms with Gasteiger partial charge in [-0.05, 0) is 46.4 Å². The number of hydrogen-bond acceptors (Lipinski definition) is 3. The van der Waals surface area contributed by atoms with Crippen LogP contribution in [0, 0.1) is 30.8 Å². The normalized spacial score (nSPS) is 12.5. The molecular formula is C60H56FGeIrN3O-2. The standard InChI is InChI=1S/C41H30FN2O.C19H26GeN.Ir/c1-41(2,3)34-25-29(42)24-32(27-15-8-5-9-16-27)38(34)44-36-20-11-10-19-35(36)43-40(44)28-21-22-37-33(23-28)31-18-12-17-30(39(31)45-37)26-13-6-4-7-14-26;1-14(2)11-16-12-19(17-10-8-7-9-15(17)3)21-13-18(16)20(4,5)6;/h4-20,22-25H,1-3H3;7-9,12-14H,11H2,1-6H3;/q2*-1;/i;11D2;. The molecular weight excluding hydrogens is 1060 g/mol. The molecule has 3 heterocycles. The van der Waals surface area contributed by atoms with Crippen LogP contribution in [0.25, 0.3) is 83.6 Å². The molecule has 0 aliphatic carbocycles. The number of pyridine rings is 1. The van der Waals surface area contributed by atoms with Gasteiger partial charge >= 0.3 is 135 Å². The van der Waals surface area contributed by atoms with Gasteiger partial charge in [-0.3, -0.25) is 4.98 Å². The molecule has 0 unspecified atom stereocenters. The minimum atomic E-state index is -2.22. The van der Waals surface area contributed by atoms with E-state index < -0.39 is 19.6 Å². The summed E-state index contributed by atoms with van der Waals surface area (Å²) in [6.45, 7) is 12.3. The molecule has 339 valence electrons. The first kappa shape index (κ1) is 44.9. The first-order valence-corrected chi connectivity index (χ1v) is 30.0. The SMILES string of the molecule is CC(C)(C)c1cc(F)cc(-c2ccccc2)c1-n1c(-c2[c-]cc3oc4c(-c5ccccc5)cccc4c3c2)nc2ccccc21.[2H]C([2H])(c1cc(-c2[c-]cccc2C)nc[c]1[Ge]([CH3])([CH3])[CH3])C(C)C.[Ir]. The molecule has 10 rings (SSSR count). The molecule has 0 atom stereocenters. The molecule has 4 nitrogen and oxygen atoms in total. The van der Waals surface area contributed by atoms with Crippen LogP contribution in [0.4, 0.5) is 4.39 Å². The van der Waals surface area contributed by atoms with Crippen molar-refractivity contribution in [2.24, 2.45) is 5.92 Å². The number of imidazole rings is 1. The number of aryl methyl sites for hydroxylation is 1. The topological polar surface area (TPSA) is 43.9 Å². The quantitative estimate of drug-likeness (QED) is 0.112. The summed E-state index contributed by atoms with van der Waals surface area (Å²) in [5.74, 6) is 7.26. The van der Waals surface area contributed by atoms with Crippen LogP contribution in [0.5, 0.6) is 0 Å². The summed E-state index contributed by atoms with van der Waals surface area (Å²) >= 11 is -2.22. The summed E-state index contributed by atoms with van der Waals surface area (Å²) in [6.07, 6.45) is 0.569. The second kappa shape index (κ2) is 19.4. The third-order valence-electron chi connectivity index (χ3n) is 12.0. The van der Waals surface area contributed by atoms with Crippen molar-refractivity contribution in [2.45, 2.75) is 70.6 Å². The molecule has 0 aliphatic rings. The molecule has 1 radical (unpaired) electrons. The van der Waals surface area contributed by atoms with Crippen LogP contribution < -0.4 is 4.40 Å². The summed E-state index contributed by atoms with van der Waals surface area (Å²) in [5.41, 5.74) is 13.3. The second-order valence-electron chi connectivity index (χ2n) is 19.4. The van der Waals surface area contributed by atoms with E-state index in [1.54, 1.807) is 12.1 Å². The van der Waals surface area contributed by atoms with Crippen molar-refractivity contribution >= 4 is 50.6 Å². The second-order valence-corrected chi connectivity index (χ2v) is 30.0. The van der Waals surface area contributed by atoms with Crippen molar-refractivity contribution in [1.82, 2.24) is 14.5 Å². The van der Waals surface area contributed by atoms with E-state index in [9.17, 15) is 0 Å². The van der Waals surface area contributed by atoms with Crippen molar-refractivity contribution in [1.29, 1.82) is 0 Å². The molecule has 67 heavy (non-hydrogen) atoms. The monoisotopic (exact) mass is 1120 g/mol. The van der Waals surface area contributed by atoms with E-state index in [-0.39, 0.29) is 37.3 Å². The van der Waals surface area contributed by atoms with E-state index in [1.807, 2.05) is 124 Å². The minimum absolute atomic E-state index is 0. The van der Waals surface area contributed by atoms with Crippen molar-refractivity contribution in [3.05, 3.63) is 192 Å². The molecule has 0 fully saturated rings. The van der Waals surface area contributed by atoms with Gasteiger partial charge in [-0.15, -0.1) is 23.8 Å². The molecule has 0 saturated heterocycles. The average Bonchev–Trinajstić information content (AvgIpc) is 3.90. The summed E-state index contributed by atoms with van der Waals surface area (Å²) in [5, 5.41) is 2.03. The van der Waals surface area contributed by atoms with Gasteiger partial charge in [-0.2, -0.15) is 0 Å². The third-order valence-corrected chi connectivity index (χ3v) is 16.2. The van der Waals surface area contributed by atoms with Gasteiger partial charge in [0.25, 0.3) is 0 Å². The fourth-order valence-electron chi connectivity index (χ4n) is 8.82. The number of furan rings is 1. The number of aromatic nitrogens is 3. The fourth-order valence-corrected chi connectivity index (χ4v) is 11.8. The Bertz CT molecular complexity index is 3460. The maximum atomic E-state index is 15.4. The van der Waals surface area contributed by atoms with Gasteiger partial charge < -0.3 is 8.98 Å². The van der Waals surface area contributed by atoms with E-state index in [1.165, 1.54) is 0 Å². The number of rotatable bonds is 8. The van der Waals surface area contributed by atoms with Crippen LogP contribution in [-0.2, 0) is 31.9 Å². The van der Waals surface area contributed by atoms with Crippen molar-refractivity contribution in [3.8, 4) is 50.6 Å². The zero-order valence-corrected chi connectivity index (χ0v) is 44.0. The van der Waals surface area contributed by atoms with E-state index in [2.05, 4.69) is 102 Å². The Kier molecular flexibility index (Phi) is 13.0. The van der Waals surface area contributed by atoms with Crippen molar-refractivity contribution in [3.63, 3.8) is 0 Å². The summed E-state index contributed by atoms with van der Waals surface area (Å²) in [7, 11) is 0. The van der Waals surface area contributed by atoms with Gasteiger partial charge in [0.15, 0.2) is 0 Å². The maximum Gasteiger partial charge on any atom is 0 e. The summed E-state index contributed by atoms with van der Waals surface area (Å²) in [6, 6.07) is 56.7. The van der Waals surface area contributed by atoms with Gasteiger partial charge in [0.05, 0.1) is 28.1 Å². The van der Waals surface area contributed by atoms with Gasteiger partial charge in [-0.1, -0.05) is 117 Å². The smallest absolute Gasteiger partial charge is 0 e. The Morgan fingerprint density at radius 2 is 1.46 bits per heavy atom. The number of fused-ring (bicyclic) bond motifs is 4. The fraction of sp³-hybridized carbons (Fsp3) is 0.200. The Morgan fingerprint density at radius 1 is 0.776 bits per heavy atom. The molecule has 7 aromatic carbocycles. The Balaban J connectivity index is 0.000000227. The van der Waals surface area contributed by atoms with Crippen LogP contribution in [-0.4, -0.2) is 27.8 Å². The number of para-hydroxylation sites is 3. The molecule has 3 aromatic heterocycles. The van der Waals surface area contributed by atoms with Crippen molar-refractivity contribution in [2.75, 3.05) is 0 Å². The van der Waals surface area contributed by atoms with Crippen LogP contribution in [0.2, 0.25) is 17.3 Å². The van der Waals surface area contributed by atoms with Gasteiger partial charge in [-0.25, -0.2) is 4.39 Å². The summed E-state index contributed by atoms with van der Waals surface area (Å²) < 4.78 is 42.4. The minimum Gasteiger partial charge on any atom is 0 e. The third kappa shape index (κ3) is 9.76. The molecule has 10 aromatic rings. The van der Waals surface area contributed by atoms with Gasteiger partial charge in [0.2, 0.25) is 0 Å². The predicted molar refractivity (Wildman–Crippen MR) is 277 cm³/mol. The number of halogens is 1. The van der Waals surface area contributed by atoms with Gasteiger partial charge in [0, 0.05) is 36.6 Å². The van der Waals surface area contributed by atoms with E-state index in [0.717, 1.165) is 105 Å². The first-order chi connectivity index (χ1) is 32.4. The molecule has 0 aliphatic heterocycles. The average molecular weight is 1120 g/mol. The molecule has 0 bridgehead atoms. The number of benzene rings is 7. The van der Waals surface area contributed by atoms with Crippen LogP contribution in [0.1, 0.15) is 54.1 Å². The maximum absolute atomic E-state index is 15.4. The molecule has 0 N–H and O–H groups in total. The van der Waals surface area contributed by atoms with Crippen LogP contribution >= 0.6 is 0 Å². The number of nitrogens with zero attached hydrogens (tertiary/aromatic N) is 3. The zero-order valence-electron chi connectivity index (χ0n) is 41.5. The van der Waals surface area contributed by atoms with E-state index >= 15 is 4.39 Å². The Morgan fingerprint density at radius 3 is 2.13 bits per heavy atom. The molecule has 0 spiro atoms. The summed E-state index contributed by atoms with van der Waals surface area (Å²) in [4.78, 5) is 9.84. The molecule has 7 heteroatoms.